The van der Waals surface area contributed by atoms with Crippen molar-refractivity contribution < 1.29 is 23.4 Å². The van der Waals surface area contributed by atoms with E-state index in [0.717, 1.165) is 0 Å². The lowest BCUT2D eigenvalue weighted by molar-refractivity contribution is -0.129. The minimum Gasteiger partial charge on any atom is -0.489 e. The molecule has 0 aromatic heterocycles. The molecule has 2 aromatic carbocycles. The molecule has 1 aliphatic rings. The van der Waals surface area contributed by atoms with Crippen LogP contribution in [0.3, 0.4) is 0 Å². The number of carbonyl (C=O) groups excluding carboxylic acids is 1. The SMILES string of the molecule is C=CCOc1ccc(C=C2N=C(c3cccc(F)c3)OC2=O)c(OCC=C)c1. The first kappa shape index (κ1) is 19.1. The van der Waals surface area contributed by atoms with Crippen LogP contribution >= 0.6 is 0 Å². The monoisotopic (exact) mass is 379 g/mol. The lowest BCUT2D eigenvalue weighted by atomic mass is 10.1. The molecule has 6 heteroatoms. The number of hydrogen-bond donors (Lipinski definition) is 0. The highest BCUT2D eigenvalue weighted by atomic mass is 19.1. The summed E-state index contributed by atoms with van der Waals surface area (Å²) in [4.78, 5) is 16.4. The fourth-order valence-corrected chi connectivity index (χ4v) is 2.45. The van der Waals surface area contributed by atoms with Crippen molar-refractivity contribution in [3.63, 3.8) is 0 Å². The summed E-state index contributed by atoms with van der Waals surface area (Å²) >= 11 is 0. The number of ether oxygens (including phenoxy) is 3. The van der Waals surface area contributed by atoms with Crippen LogP contribution in [0.5, 0.6) is 11.5 Å². The van der Waals surface area contributed by atoms with Crippen LogP contribution in [0.2, 0.25) is 0 Å². The molecule has 2 aromatic rings. The molecular formula is C22H18FNO4. The largest absolute Gasteiger partial charge is 0.489 e. The number of halogens is 1. The Bertz CT molecular complexity index is 978. The molecule has 5 nitrogen and oxygen atoms in total. The first-order valence-electron chi connectivity index (χ1n) is 8.50. The van der Waals surface area contributed by atoms with Gasteiger partial charge in [-0.15, -0.1) is 0 Å². The third kappa shape index (κ3) is 4.54. The molecule has 28 heavy (non-hydrogen) atoms. The van der Waals surface area contributed by atoms with E-state index >= 15 is 0 Å². The van der Waals surface area contributed by atoms with E-state index in [1.54, 1.807) is 42.5 Å². The quantitative estimate of drug-likeness (QED) is 0.390. The predicted octanol–water partition coefficient (Wildman–Crippen LogP) is 4.30. The van der Waals surface area contributed by atoms with Gasteiger partial charge in [0.25, 0.3) is 0 Å². The third-order valence-electron chi connectivity index (χ3n) is 3.69. The van der Waals surface area contributed by atoms with Gasteiger partial charge >= 0.3 is 5.97 Å². The summed E-state index contributed by atoms with van der Waals surface area (Å²) in [5.41, 5.74) is 1.08. The summed E-state index contributed by atoms with van der Waals surface area (Å²) in [7, 11) is 0. The molecular weight excluding hydrogens is 361 g/mol. The minimum atomic E-state index is -0.624. The Kier molecular flexibility index (Phi) is 6.01. The van der Waals surface area contributed by atoms with Gasteiger partial charge in [-0.3, -0.25) is 0 Å². The molecule has 1 aliphatic heterocycles. The van der Waals surface area contributed by atoms with Crippen LogP contribution in [0.4, 0.5) is 4.39 Å². The van der Waals surface area contributed by atoms with Crippen LogP contribution in [0.1, 0.15) is 11.1 Å². The molecule has 0 saturated carbocycles. The fraction of sp³-hybridized carbons (Fsp3) is 0.0909. The van der Waals surface area contributed by atoms with E-state index in [9.17, 15) is 9.18 Å². The van der Waals surface area contributed by atoms with Crippen molar-refractivity contribution in [2.75, 3.05) is 13.2 Å². The molecule has 0 amide bonds. The molecule has 0 fully saturated rings. The second kappa shape index (κ2) is 8.81. The van der Waals surface area contributed by atoms with Gasteiger partial charge in [-0.05, 0) is 36.4 Å². The maximum atomic E-state index is 13.4. The first-order chi connectivity index (χ1) is 13.6. The van der Waals surface area contributed by atoms with Gasteiger partial charge in [0.2, 0.25) is 5.90 Å². The molecule has 142 valence electrons. The standard InChI is InChI=1S/C22H18FNO4/c1-3-10-26-18-9-8-15(20(14-18)27-11-4-2)13-19-22(25)28-21(24-19)16-6-5-7-17(23)12-16/h3-9,12-14H,1-2,10-11H2. The molecule has 3 rings (SSSR count). The van der Waals surface area contributed by atoms with Crippen LogP contribution < -0.4 is 9.47 Å². The topological polar surface area (TPSA) is 57.1 Å². The Hall–Kier alpha value is -3.67. The fourth-order valence-electron chi connectivity index (χ4n) is 2.45. The van der Waals surface area contributed by atoms with Gasteiger partial charge in [0.05, 0.1) is 0 Å². The second-order valence-corrected chi connectivity index (χ2v) is 5.75. The van der Waals surface area contributed by atoms with Gasteiger partial charge in [0.1, 0.15) is 30.5 Å². The van der Waals surface area contributed by atoms with Crippen molar-refractivity contribution in [1.29, 1.82) is 0 Å². The van der Waals surface area contributed by atoms with Crippen LogP contribution in [0.25, 0.3) is 6.08 Å². The number of aliphatic imine (C=N–C) groups is 1. The van der Waals surface area contributed by atoms with Crippen LogP contribution in [0, 0.1) is 5.82 Å². The Morgan fingerprint density at radius 1 is 1.07 bits per heavy atom. The highest BCUT2D eigenvalue weighted by molar-refractivity contribution is 6.12. The minimum absolute atomic E-state index is 0.0512. The van der Waals surface area contributed by atoms with E-state index in [-0.39, 0.29) is 18.2 Å². The average Bonchev–Trinajstić information content (AvgIpc) is 3.06. The van der Waals surface area contributed by atoms with E-state index < -0.39 is 11.8 Å². The first-order valence-corrected chi connectivity index (χ1v) is 8.50. The summed E-state index contributed by atoms with van der Waals surface area (Å²) in [5, 5.41) is 0. The molecule has 0 unspecified atom stereocenters. The maximum absolute atomic E-state index is 13.4. The van der Waals surface area contributed by atoms with E-state index in [2.05, 4.69) is 18.2 Å². The van der Waals surface area contributed by atoms with Crippen molar-refractivity contribution in [3.8, 4) is 11.5 Å². The third-order valence-corrected chi connectivity index (χ3v) is 3.69. The molecule has 0 atom stereocenters. The normalized spacial score (nSPS) is 14.4. The average molecular weight is 379 g/mol. The van der Waals surface area contributed by atoms with E-state index in [1.807, 2.05) is 0 Å². The predicted molar refractivity (Wildman–Crippen MR) is 105 cm³/mol. The Morgan fingerprint density at radius 2 is 1.86 bits per heavy atom. The number of cyclic esters (lactones) is 1. The van der Waals surface area contributed by atoms with E-state index in [4.69, 9.17) is 14.2 Å². The van der Waals surface area contributed by atoms with Gasteiger partial charge in [-0.25, -0.2) is 14.2 Å². The van der Waals surface area contributed by atoms with E-state index in [1.165, 1.54) is 18.2 Å². The van der Waals surface area contributed by atoms with Crippen LogP contribution in [-0.4, -0.2) is 25.1 Å². The van der Waals surface area contributed by atoms with Crippen LogP contribution in [-0.2, 0) is 9.53 Å². The maximum Gasteiger partial charge on any atom is 0.363 e. The summed E-state index contributed by atoms with van der Waals surface area (Å²) in [6.07, 6.45) is 4.79. The summed E-state index contributed by atoms with van der Waals surface area (Å²) in [5.74, 6) is 0.0790. The zero-order valence-electron chi connectivity index (χ0n) is 15.1. The number of carbonyl (C=O) groups is 1. The Balaban J connectivity index is 1.93. The Labute approximate surface area is 162 Å². The van der Waals surface area contributed by atoms with Crippen molar-refractivity contribution in [2.24, 2.45) is 4.99 Å². The van der Waals surface area contributed by atoms with Gasteiger partial charge in [0, 0.05) is 17.2 Å². The molecule has 0 spiro atoms. The molecule has 0 radical (unpaired) electrons. The van der Waals surface area contributed by atoms with Gasteiger partial charge in [-0.2, -0.15) is 0 Å². The van der Waals surface area contributed by atoms with Gasteiger partial charge in [0.15, 0.2) is 5.70 Å². The highest BCUT2D eigenvalue weighted by Gasteiger charge is 2.25. The molecule has 0 aliphatic carbocycles. The second-order valence-electron chi connectivity index (χ2n) is 5.75. The van der Waals surface area contributed by atoms with Crippen molar-refractivity contribution in [1.82, 2.24) is 0 Å². The van der Waals surface area contributed by atoms with Crippen LogP contribution in [0.15, 0.2) is 78.5 Å². The molecule has 1 heterocycles. The lowest BCUT2D eigenvalue weighted by Gasteiger charge is -2.10. The molecule has 0 N–H and O–H groups in total. The van der Waals surface area contributed by atoms with Crippen molar-refractivity contribution in [3.05, 3.63) is 90.4 Å². The van der Waals surface area contributed by atoms with Gasteiger partial charge < -0.3 is 14.2 Å². The summed E-state index contributed by atoms with van der Waals surface area (Å²) in [6.45, 7) is 7.88. The molecule has 0 saturated heterocycles. The lowest BCUT2D eigenvalue weighted by Crippen LogP contribution is -2.05. The number of nitrogens with zero attached hydrogens (tertiary/aromatic N) is 1. The summed E-state index contributed by atoms with van der Waals surface area (Å²) in [6, 6.07) is 10.9. The number of hydrogen-bond acceptors (Lipinski definition) is 5. The number of esters is 1. The Morgan fingerprint density at radius 3 is 2.61 bits per heavy atom. The zero-order chi connectivity index (χ0) is 19.9. The van der Waals surface area contributed by atoms with Gasteiger partial charge in [-0.1, -0.05) is 31.4 Å². The van der Waals surface area contributed by atoms with Crippen molar-refractivity contribution in [2.45, 2.75) is 0 Å². The summed E-state index contributed by atoms with van der Waals surface area (Å²) < 4.78 is 29.7. The number of benzene rings is 2. The van der Waals surface area contributed by atoms with Crippen molar-refractivity contribution >= 4 is 17.9 Å². The highest BCUT2D eigenvalue weighted by Crippen LogP contribution is 2.29. The number of rotatable bonds is 8. The van der Waals surface area contributed by atoms with E-state index in [0.29, 0.717) is 29.2 Å². The molecule has 0 bridgehead atoms. The zero-order valence-corrected chi connectivity index (χ0v) is 15.1. The smallest absolute Gasteiger partial charge is 0.363 e.